The average Bonchev–Trinajstić information content (AvgIpc) is 2.08. The molecule has 66 valence electrons. The highest BCUT2D eigenvalue weighted by molar-refractivity contribution is 9.10. The molecule has 0 aliphatic rings. The molecule has 0 aliphatic carbocycles. The predicted octanol–water partition coefficient (Wildman–Crippen LogP) is 2.21. The molecule has 1 heterocycles. The first-order chi connectivity index (χ1) is 5.69. The van der Waals surface area contributed by atoms with Gasteiger partial charge in [-0.25, -0.2) is 0 Å². The summed E-state index contributed by atoms with van der Waals surface area (Å²) in [6.07, 6.45) is 0.975. The molecule has 0 fully saturated rings. The normalized spacial score (nSPS) is 10.3. The van der Waals surface area contributed by atoms with E-state index in [1.807, 2.05) is 13.0 Å². The molecular formula is C9H12BrNO. The number of aryl methyl sites for hydroxylation is 2. The summed E-state index contributed by atoms with van der Waals surface area (Å²) in [4.78, 5) is 4.27. The molecule has 3 heteroatoms. The van der Waals surface area contributed by atoms with Crippen LogP contribution in [0.1, 0.15) is 23.9 Å². The highest BCUT2D eigenvalue weighted by atomic mass is 79.9. The number of hydrogen-bond donors (Lipinski definition) is 1. The molecular weight excluding hydrogens is 218 g/mol. The molecule has 2 nitrogen and oxygen atoms in total. The summed E-state index contributed by atoms with van der Waals surface area (Å²) in [5, 5.41) is 8.91. The Kier molecular flexibility index (Phi) is 3.23. The standard InChI is InChI=1S/C9H12BrNO/c1-3-7-4-8(10)9(5-12)11-6(7)2/h4,12H,3,5H2,1-2H3. The second kappa shape index (κ2) is 4.01. The average molecular weight is 230 g/mol. The Morgan fingerprint density at radius 3 is 2.75 bits per heavy atom. The minimum absolute atomic E-state index is 0.00851. The van der Waals surface area contributed by atoms with Crippen molar-refractivity contribution in [1.82, 2.24) is 4.98 Å². The summed E-state index contributed by atoms with van der Waals surface area (Å²) in [6.45, 7) is 4.05. The number of pyridine rings is 1. The lowest BCUT2D eigenvalue weighted by Crippen LogP contribution is -1.97. The molecule has 0 atom stereocenters. The van der Waals surface area contributed by atoms with E-state index in [9.17, 15) is 0 Å². The number of aliphatic hydroxyl groups excluding tert-OH is 1. The van der Waals surface area contributed by atoms with Crippen LogP contribution in [0.25, 0.3) is 0 Å². The SMILES string of the molecule is CCc1cc(Br)c(CO)nc1C. The van der Waals surface area contributed by atoms with E-state index >= 15 is 0 Å². The van der Waals surface area contributed by atoms with Crippen molar-refractivity contribution in [3.8, 4) is 0 Å². The Morgan fingerprint density at radius 2 is 2.25 bits per heavy atom. The Bertz CT molecular complexity index is 256. The summed E-state index contributed by atoms with van der Waals surface area (Å²) in [7, 11) is 0. The van der Waals surface area contributed by atoms with E-state index in [1.165, 1.54) is 5.56 Å². The van der Waals surface area contributed by atoms with Crippen LogP contribution in [0.5, 0.6) is 0 Å². The van der Waals surface area contributed by atoms with Gasteiger partial charge in [-0.1, -0.05) is 6.92 Å². The lowest BCUT2D eigenvalue weighted by molar-refractivity contribution is 0.275. The van der Waals surface area contributed by atoms with Crippen LogP contribution >= 0.6 is 15.9 Å². The number of nitrogens with zero attached hydrogens (tertiary/aromatic N) is 1. The molecule has 12 heavy (non-hydrogen) atoms. The highest BCUT2D eigenvalue weighted by Gasteiger charge is 2.04. The third-order valence-electron chi connectivity index (χ3n) is 1.87. The molecule has 0 amide bonds. The fourth-order valence-electron chi connectivity index (χ4n) is 1.14. The third-order valence-corrected chi connectivity index (χ3v) is 2.56. The molecule has 0 aromatic carbocycles. The van der Waals surface area contributed by atoms with E-state index in [0.29, 0.717) is 5.69 Å². The van der Waals surface area contributed by atoms with Gasteiger partial charge in [-0.05, 0) is 40.9 Å². The van der Waals surface area contributed by atoms with Gasteiger partial charge in [-0.2, -0.15) is 0 Å². The van der Waals surface area contributed by atoms with Crippen LogP contribution in [0.2, 0.25) is 0 Å². The van der Waals surface area contributed by atoms with E-state index < -0.39 is 0 Å². The van der Waals surface area contributed by atoms with Gasteiger partial charge in [0.25, 0.3) is 0 Å². The largest absolute Gasteiger partial charge is 0.390 e. The molecule has 1 N–H and O–H groups in total. The van der Waals surface area contributed by atoms with Crippen LogP contribution < -0.4 is 0 Å². The van der Waals surface area contributed by atoms with E-state index in [2.05, 4.69) is 27.8 Å². The van der Waals surface area contributed by atoms with Crippen molar-refractivity contribution >= 4 is 15.9 Å². The van der Waals surface area contributed by atoms with Crippen molar-refractivity contribution < 1.29 is 5.11 Å². The zero-order valence-electron chi connectivity index (χ0n) is 7.26. The van der Waals surface area contributed by atoms with Gasteiger partial charge in [0.05, 0.1) is 12.3 Å². The number of hydrogen-bond acceptors (Lipinski definition) is 2. The maximum absolute atomic E-state index is 8.91. The first-order valence-corrected chi connectivity index (χ1v) is 4.74. The molecule has 1 aromatic heterocycles. The Morgan fingerprint density at radius 1 is 1.58 bits per heavy atom. The number of aliphatic hydroxyl groups is 1. The Balaban J connectivity index is 3.16. The third kappa shape index (κ3) is 1.84. The van der Waals surface area contributed by atoms with Crippen molar-refractivity contribution in [3.05, 3.63) is 27.5 Å². The zero-order valence-corrected chi connectivity index (χ0v) is 8.85. The molecule has 1 aromatic rings. The second-order valence-electron chi connectivity index (χ2n) is 2.67. The van der Waals surface area contributed by atoms with Crippen molar-refractivity contribution in [2.24, 2.45) is 0 Å². The van der Waals surface area contributed by atoms with Crippen LogP contribution in [0.4, 0.5) is 0 Å². The van der Waals surface area contributed by atoms with E-state index in [0.717, 1.165) is 16.6 Å². The number of rotatable bonds is 2. The van der Waals surface area contributed by atoms with Crippen LogP contribution in [0, 0.1) is 6.92 Å². The summed E-state index contributed by atoms with van der Waals surface area (Å²) < 4.78 is 0.896. The summed E-state index contributed by atoms with van der Waals surface area (Å²) in [6, 6.07) is 2.02. The fourth-order valence-corrected chi connectivity index (χ4v) is 1.63. The summed E-state index contributed by atoms with van der Waals surface area (Å²) in [5.74, 6) is 0. The maximum atomic E-state index is 8.91. The van der Waals surface area contributed by atoms with Gasteiger partial charge in [0, 0.05) is 10.2 Å². The predicted molar refractivity (Wildman–Crippen MR) is 52.0 cm³/mol. The lowest BCUT2D eigenvalue weighted by atomic mass is 10.1. The van der Waals surface area contributed by atoms with Crippen LogP contribution in [-0.4, -0.2) is 10.1 Å². The van der Waals surface area contributed by atoms with Crippen LogP contribution in [0.15, 0.2) is 10.5 Å². The maximum Gasteiger partial charge on any atom is 0.0864 e. The van der Waals surface area contributed by atoms with Gasteiger partial charge in [-0.3, -0.25) is 4.98 Å². The molecule has 0 spiro atoms. The molecule has 0 saturated carbocycles. The number of halogens is 1. The summed E-state index contributed by atoms with van der Waals surface area (Å²) >= 11 is 3.36. The first kappa shape index (κ1) is 9.68. The zero-order chi connectivity index (χ0) is 9.14. The van der Waals surface area contributed by atoms with Crippen LogP contribution in [0.3, 0.4) is 0 Å². The van der Waals surface area contributed by atoms with Crippen molar-refractivity contribution in [2.75, 3.05) is 0 Å². The molecule has 1 rings (SSSR count). The lowest BCUT2D eigenvalue weighted by Gasteiger charge is -2.06. The van der Waals surface area contributed by atoms with E-state index in [1.54, 1.807) is 0 Å². The fraction of sp³-hybridized carbons (Fsp3) is 0.444. The van der Waals surface area contributed by atoms with Gasteiger partial charge in [-0.15, -0.1) is 0 Å². The molecule has 0 aliphatic heterocycles. The van der Waals surface area contributed by atoms with Gasteiger partial charge >= 0.3 is 0 Å². The summed E-state index contributed by atoms with van der Waals surface area (Å²) in [5.41, 5.74) is 2.94. The molecule has 0 saturated heterocycles. The van der Waals surface area contributed by atoms with Gasteiger partial charge in [0.2, 0.25) is 0 Å². The van der Waals surface area contributed by atoms with Crippen molar-refractivity contribution in [3.63, 3.8) is 0 Å². The van der Waals surface area contributed by atoms with Crippen LogP contribution in [-0.2, 0) is 13.0 Å². The van der Waals surface area contributed by atoms with Gasteiger partial charge in [0.1, 0.15) is 0 Å². The van der Waals surface area contributed by atoms with Crippen molar-refractivity contribution in [2.45, 2.75) is 26.9 Å². The molecule has 0 unspecified atom stereocenters. The van der Waals surface area contributed by atoms with Gasteiger partial charge < -0.3 is 5.11 Å². The van der Waals surface area contributed by atoms with E-state index in [-0.39, 0.29) is 6.61 Å². The highest BCUT2D eigenvalue weighted by Crippen LogP contribution is 2.19. The van der Waals surface area contributed by atoms with Gasteiger partial charge in [0.15, 0.2) is 0 Å². The quantitative estimate of drug-likeness (QED) is 0.844. The smallest absolute Gasteiger partial charge is 0.0864 e. The minimum Gasteiger partial charge on any atom is -0.390 e. The second-order valence-corrected chi connectivity index (χ2v) is 3.53. The molecule has 0 bridgehead atoms. The monoisotopic (exact) mass is 229 g/mol. The van der Waals surface area contributed by atoms with E-state index in [4.69, 9.17) is 5.11 Å². The number of aromatic nitrogens is 1. The first-order valence-electron chi connectivity index (χ1n) is 3.94. The minimum atomic E-state index is -0.00851. The topological polar surface area (TPSA) is 33.1 Å². The molecule has 0 radical (unpaired) electrons. The Labute approximate surface area is 80.8 Å². The Hall–Kier alpha value is -0.410. The van der Waals surface area contributed by atoms with Crippen molar-refractivity contribution in [1.29, 1.82) is 0 Å².